The Morgan fingerprint density at radius 3 is 1.65 bits per heavy atom. The van der Waals surface area contributed by atoms with Crippen LogP contribution in [0.1, 0.15) is 11.1 Å². The molecule has 0 radical (unpaired) electrons. The number of rotatable bonds is 1. The Morgan fingerprint density at radius 2 is 1.30 bits per heavy atom. The van der Waals surface area contributed by atoms with Gasteiger partial charge in [0, 0.05) is 14.5 Å². The molecule has 0 amide bonds. The van der Waals surface area contributed by atoms with E-state index < -0.39 is 10.3 Å². The quantitative estimate of drug-likeness (QED) is 0.296. The van der Waals surface area contributed by atoms with Crippen LogP contribution in [-0.2, 0) is 10.3 Å². The molecule has 0 spiro atoms. The van der Waals surface area contributed by atoms with E-state index in [1.54, 1.807) is 46.9 Å². The molecule has 0 unspecified atom stereocenters. The van der Waals surface area contributed by atoms with Crippen molar-refractivity contribution < 1.29 is 8.42 Å². The van der Waals surface area contributed by atoms with Crippen LogP contribution in [0.5, 0.6) is 0 Å². The molecule has 0 fully saturated rings. The fourth-order valence-corrected chi connectivity index (χ4v) is 2.43. The van der Waals surface area contributed by atoms with E-state index >= 15 is 0 Å². The Kier molecular flexibility index (Phi) is 8.01. The van der Waals surface area contributed by atoms with Crippen molar-refractivity contribution in [3.8, 4) is 0 Å². The first-order valence-electron chi connectivity index (χ1n) is 5.50. The van der Waals surface area contributed by atoms with Crippen LogP contribution in [0.4, 0.5) is 0 Å². The van der Waals surface area contributed by atoms with Crippen molar-refractivity contribution in [1.82, 2.24) is 0 Å². The van der Waals surface area contributed by atoms with E-state index in [0.29, 0.717) is 8.43 Å². The number of hydrogen-bond acceptors (Lipinski definition) is 2. The van der Waals surface area contributed by atoms with Gasteiger partial charge < -0.3 is 0 Å². The van der Waals surface area contributed by atoms with Gasteiger partial charge in [-0.3, -0.25) is 0 Å². The van der Waals surface area contributed by atoms with Crippen LogP contribution in [0.2, 0.25) is 0 Å². The smallest absolute Gasteiger partial charge is 0.183 e. The third kappa shape index (κ3) is 6.51. The highest BCUT2D eigenvalue weighted by Gasteiger charge is 1.99. The van der Waals surface area contributed by atoms with E-state index in [4.69, 9.17) is 0 Å². The topological polar surface area (TPSA) is 34.1 Å². The molecule has 2 aromatic carbocycles. The molecule has 2 aromatic rings. The van der Waals surface area contributed by atoms with Crippen LogP contribution < -0.4 is 0 Å². The summed E-state index contributed by atoms with van der Waals surface area (Å²) in [4.78, 5) is 0. The Morgan fingerprint density at radius 1 is 0.900 bits per heavy atom. The molecule has 0 aliphatic heterocycles. The maximum Gasteiger partial charge on any atom is 0.228 e. The van der Waals surface area contributed by atoms with E-state index in [2.05, 4.69) is 50.9 Å². The summed E-state index contributed by atoms with van der Waals surface area (Å²) in [5.74, 6) is 0. The number of halogens is 3. The zero-order valence-corrected chi connectivity index (χ0v) is 16.6. The maximum absolute atomic E-state index is 10.5. The molecule has 0 aliphatic carbocycles. The van der Waals surface area contributed by atoms with E-state index in [9.17, 15) is 8.42 Å². The highest BCUT2D eigenvalue weighted by molar-refractivity contribution is 14.1. The van der Waals surface area contributed by atoms with Crippen molar-refractivity contribution in [2.45, 2.75) is 6.92 Å². The molecular formula is C14H11Br2IO2S. The van der Waals surface area contributed by atoms with Crippen molar-refractivity contribution in [1.29, 1.82) is 0 Å². The maximum atomic E-state index is 10.5. The van der Waals surface area contributed by atoms with Gasteiger partial charge >= 0.3 is 0 Å². The normalized spacial score (nSPS) is 9.40. The van der Waals surface area contributed by atoms with Gasteiger partial charge in [-0.15, -0.1) is 0 Å². The lowest BCUT2D eigenvalue weighted by atomic mass is 10.2. The summed E-state index contributed by atoms with van der Waals surface area (Å²) < 4.78 is 23.5. The minimum absolute atomic E-state index is 0.333. The highest BCUT2D eigenvalue weighted by atomic mass is 127. The van der Waals surface area contributed by atoms with Gasteiger partial charge in [0.2, 0.25) is 10.3 Å². The van der Waals surface area contributed by atoms with Crippen LogP contribution in [0.25, 0.3) is 0 Å². The molecule has 2 nitrogen and oxygen atoms in total. The number of aryl methyl sites for hydroxylation is 1. The Bertz CT molecular complexity index is 664. The third-order valence-electron chi connectivity index (χ3n) is 2.23. The predicted molar refractivity (Wildman–Crippen MR) is 100 cm³/mol. The van der Waals surface area contributed by atoms with E-state index in [1.165, 1.54) is 5.56 Å². The molecule has 0 saturated heterocycles. The summed E-state index contributed by atoms with van der Waals surface area (Å²) in [5, 5.41) is 0. The first kappa shape index (κ1) is 17.9. The van der Waals surface area contributed by atoms with Gasteiger partial charge in [-0.05, 0) is 53.8 Å². The standard InChI is InChI=1S/C7H4BrIO2S.C7H7Br/c8-6-3-1-5(2-4-6)7(9)12(10)11;1-6-2-4-7(8)5-3-6/h1-4H;2-5H,1H3. The van der Waals surface area contributed by atoms with Crippen molar-refractivity contribution in [2.24, 2.45) is 0 Å². The first-order valence-corrected chi connectivity index (χ1v) is 9.24. The van der Waals surface area contributed by atoms with E-state index in [0.717, 1.165) is 8.95 Å². The molecule has 0 atom stereocenters. The second kappa shape index (κ2) is 8.96. The predicted octanol–water partition coefficient (Wildman–Crippen LogP) is 5.00. The molecule has 0 aromatic heterocycles. The molecule has 106 valence electrons. The van der Waals surface area contributed by atoms with Gasteiger partial charge in [0.1, 0.15) is 2.87 Å². The first-order chi connectivity index (χ1) is 9.40. The van der Waals surface area contributed by atoms with E-state index in [-0.39, 0.29) is 0 Å². The molecule has 6 heteroatoms. The van der Waals surface area contributed by atoms with Gasteiger partial charge in [0.15, 0.2) is 0 Å². The molecule has 0 bridgehead atoms. The zero-order chi connectivity index (χ0) is 15.1. The summed E-state index contributed by atoms with van der Waals surface area (Å²) in [6, 6.07) is 15.3. The van der Waals surface area contributed by atoms with Crippen LogP contribution in [0.15, 0.2) is 57.5 Å². The van der Waals surface area contributed by atoms with Crippen molar-refractivity contribution in [3.05, 3.63) is 68.6 Å². The van der Waals surface area contributed by atoms with Gasteiger partial charge in [-0.2, -0.15) is 8.42 Å². The fourth-order valence-electron chi connectivity index (χ4n) is 1.21. The molecular weight excluding hydrogens is 519 g/mol. The lowest BCUT2D eigenvalue weighted by molar-refractivity contribution is 0.627. The van der Waals surface area contributed by atoms with Crippen LogP contribution in [-0.4, -0.2) is 11.3 Å². The molecule has 0 aliphatic rings. The largest absolute Gasteiger partial charge is 0.228 e. The molecule has 0 saturated carbocycles. The second-order valence-corrected chi connectivity index (χ2v) is 8.33. The zero-order valence-electron chi connectivity index (χ0n) is 10.5. The fraction of sp³-hybridized carbons (Fsp3) is 0.0714. The molecule has 2 rings (SSSR count). The summed E-state index contributed by atoms with van der Waals surface area (Å²) in [7, 11) is -2.13. The highest BCUT2D eigenvalue weighted by Crippen LogP contribution is 2.13. The van der Waals surface area contributed by atoms with Gasteiger partial charge in [-0.1, -0.05) is 61.7 Å². The lowest BCUT2D eigenvalue weighted by Crippen LogP contribution is -1.89. The van der Waals surface area contributed by atoms with Gasteiger partial charge in [0.05, 0.1) is 0 Å². The minimum atomic E-state index is -2.13. The Balaban J connectivity index is 0.000000217. The number of benzene rings is 2. The summed E-state index contributed by atoms with van der Waals surface area (Å²) in [6.07, 6.45) is 0. The number of hydrogen-bond donors (Lipinski definition) is 0. The second-order valence-electron chi connectivity index (χ2n) is 3.81. The van der Waals surface area contributed by atoms with Crippen molar-refractivity contribution >= 4 is 67.6 Å². The lowest BCUT2D eigenvalue weighted by Gasteiger charge is -1.93. The van der Waals surface area contributed by atoms with Crippen LogP contribution in [0, 0.1) is 6.92 Å². The van der Waals surface area contributed by atoms with E-state index in [1.807, 2.05) is 12.1 Å². The SMILES string of the molecule is Cc1ccc(Br)cc1.O=S(=O)=C(I)c1ccc(Br)cc1. The third-order valence-corrected chi connectivity index (χ3v) is 5.52. The Hall–Kier alpha value is -0.180. The van der Waals surface area contributed by atoms with Crippen LogP contribution >= 0.6 is 54.5 Å². The summed E-state index contributed by atoms with van der Waals surface area (Å²) in [6.45, 7) is 2.08. The average molecular weight is 530 g/mol. The van der Waals surface area contributed by atoms with Crippen molar-refractivity contribution in [2.75, 3.05) is 0 Å². The van der Waals surface area contributed by atoms with Gasteiger partial charge in [-0.25, -0.2) is 0 Å². The Labute approximate surface area is 150 Å². The molecule has 20 heavy (non-hydrogen) atoms. The minimum Gasteiger partial charge on any atom is -0.183 e. The average Bonchev–Trinajstić information content (AvgIpc) is 2.43. The van der Waals surface area contributed by atoms with Gasteiger partial charge in [0.25, 0.3) is 0 Å². The molecule has 0 heterocycles. The van der Waals surface area contributed by atoms with Crippen LogP contribution in [0.3, 0.4) is 0 Å². The monoisotopic (exact) mass is 528 g/mol. The van der Waals surface area contributed by atoms with Crippen molar-refractivity contribution in [3.63, 3.8) is 0 Å². The molecule has 0 N–H and O–H groups in total. The summed E-state index contributed by atoms with van der Waals surface area (Å²) in [5.41, 5.74) is 2.01. The summed E-state index contributed by atoms with van der Waals surface area (Å²) >= 11 is 8.41.